The number of amides is 1. The normalized spacial score (nSPS) is 14.3. The first-order valence-corrected chi connectivity index (χ1v) is 7.36. The Balaban J connectivity index is 1.98. The Morgan fingerprint density at radius 1 is 1.14 bits per heavy atom. The van der Waals surface area contributed by atoms with Crippen LogP contribution in [0, 0.1) is 5.92 Å². The number of allylic oxidation sites excluding steroid dienone is 2. The summed E-state index contributed by atoms with van der Waals surface area (Å²) in [6.07, 6.45) is 6.27. The molecule has 1 N–H and O–H groups in total. The Morgan fingerprint density at radius 2 is 1.81 bits per heavy atom. The van der Waals surface area contributed by atoms with E-state index in [1.165, 1.54) is 0 Å². The molecule has 1 amide bonds. The summed E-state index contributed by atoms with van der Waals surface area (Å²) in [4.78, 5) is 25.0. The van der Waals surface area contributed by atoms with Gasteiger partial charge in [-0.15, -0.1) is 0 Å². The van der Waals surface area contributed by atoms with E-state index in [9.17, 15) is 9.59 Å². The van der Waals surface area contributed by atoms with Crippen molar-refractivity contribution in [2.75, 3.05) is 6.54 Å². The van der Waals surface area contributed by atoms with Gasteiger partial charge in [0.25, 0.3) is 0 Å². The van der Waals surface area contributed by atoms with Gasteiger partial charge in [-0.2, -0.15) is 0 Å². The minimum Gasteiger partial charge on any atom is -0.481 e. The Hall–Kier alpha value is -2.10. The molecule has 0 aromatic heterocycles. The van der Waals surface area contributed by atoms with Crippen LogP contribution in [-0.2, 0) is 16.1 Å². The zero-order valence-corrected chi connectivity index (χ0v) is 12.1. The third-order valence-corrected chi connectivity index (χ3v) is 3.70. The number of rotatable bonds is 7. The fourth-order valence-corrected chi connectivity index (χ4v) is 2.57. The second-order valence-corrected chi connectivity index (χ2v) is 5.38. The highest BCUT2D eigenvalue weighted by Crippen LogP contribution is 2.21. The molecule has 0 saturated heterocycles. The largest absolute Gasteiger partial charge is 0.481 e. The van der Waals surface area contributed by atoms with Gasteiger partial charge in [0.1, 0.15) is 0 Å². The molecule has 1 aliphatic rings. The average molecular weight is 287 g/mol. The van der Waals surface area contributed by atoms with E-state index in [1.54, 1.807) is 4.90 Å². The van der Waals surface area contributed by atoms with Gasteiger partial charge in [-0.05, 0) is 24.8 Å². The average Bonchev–Trinajstić information content (AvgIpc) is 3.00. The zero-order chi connectivity index (χ0) is 15.1. The highest BCUT2D eigenvalue weighted by atomic mass is 16.4. The smallest absolute Gasteiger partial charge is 0.303 e. The summed E-state index contributed by atoms with van der Waals surface area (Å²) in [5, 5.41) is 8.75. The lowest BCUT2D eigenvalue weighted by Crippen LogP contribution is -2.36. The molecule has 0 unspecified atom stereocenters. The molecule has 0 radical (unpaired) electrons. The number of nitrogens with zero attached hydrogens (tertiary/aromatic N) is 1. The quantitative estimate of drug-likeness (QED) is 0.784. The molecule has 1 aliphatic carbocycles. The third-order valence-electron chi connectivity index (χ3n) is 3.70. The molecule has 1 aromatic carbocycles. The molecule has 1 aromatic rings. The first-order valence-electron chi connectivity index (χ1n) is 7.36. The van der Waals surface area contributed by atoms with Crippen LogP contribution in [-0.4, -0.2) is 28.4 Å². The topological polar surface area (TPSA) is 57.6 Å². The molecule has 4 heteroatoms. The van der Waals surface area contributed by atoms with Crippen molar-refractivity contribution < 1.29 is 14.7 Å². The van der Waals surface area contributed by atoms with Gasteiger partial charge in [0.15, 0.2) is 0 Å². The molecule has 0 bridgehead atoms. The summed E-state index contributed by atoms with van der Waals surface area (Å²) in [5.74, 6) is -0.655. The standard InChI is InChI=1S/C17H21NO3/c19-16(20)11-6-12-18(13-14-7-2-1-3-8-14)17(21)15-9-4-5-10-15/h1-5,7-8,15H,6,9-13H2,(H,19,20). The van der Waals surface area contributed by atoms with E-state index in [1.807, 2.05) is 42.5 Å². The van der Waals surface area contributed by atoms with Gasteiger partial charge in [-0.3, -0.25) is 9.59 Å². The monoisotopic (exact) mass is 287 g/mol. The maximum Gasteiger partial charge on any atom is 0.303 e. The van der Waals surface area contributed by atoms with Crippen LogP contribution in [0.1, 0.15) is 31.2 Å². The van der Waals surface area contributed by atoms with E-state index in [0.29, 0.717) is 19.5 Å². The minimum absolute atomic E-state index is 0.0264. The molecule has 0 heterocycles. The summed E-state index contributed by atoms with van der Waals surface area (Å²) in [6.45, 7) is 1.05. The number of carbonyl (C=O) groups excluding carboxylic acids is 1. The van der Waals surface area contributed by atoms with E-state index < -0.39 is 5.97 Å². The molecule has 0 aliphatic heterocycles. The van der Waals surface area contributed by atoms with E-state index in [0.717, 1.165) is 18.4 Å². The summed E-state index contributed by atoms with van der Waals surface area (Å²) in [5.41, 5.74) is 1.08. The van der Waals surface area contributed by atoms with Crippen LogP contribution in [0.3, 0.4) is 0 Å². The van der Waals surface area contributed by atoms with Crippen molar-refractivity contribution in [1.82, 2.24) is 4.90 Å². The number of carbonyl (C=O) groups is 2. The summed E-state index contributed by atoms with van der Waals surface area (Å²) >= 11 is 0. The van der Waals surface area contributed by atoms with E-state index in [2.05, 4.69) is 0 Å². The Bertz CT molecular complexity index is 502. The zero-order valence-electron chi connectivity index (χ0n) is 12.1. The second-order valence-electron chi connectivity index (χ2n) is 5.38. The van der Waals surface area contributed by atoms with Crippen molar-refractivity contribution in [2.45, 2.75) is 32.2 Å². The Morgan fingerprint density at radius 3 is 2.43 bits per heavy atom. The fourth-order valence-electron chi connectivity index (χ4n) is 2.57. The predicted molar refractivity (Wildman–Crippen MR) is 80.6 cm³/mol. The maximum atomic E-state index is 12.6. The molecule has 112 valence electrons. The van der Waals surface area contributed by atoms with Crippen molar-refractivity contribution >= 4 is 11.9 Å². The van der Waals surface area contributed by atoms with Crippen LogP contribution in [0.4, 0.5) is 0 Å². The molecule has 21 heavy (non-hydrogen) atoms. The van der Waals surface area contributed by atoms with Crippen LogP contribution >= 0.6 is 0 Å². The van der Waals surface area contributed by atoms with Gasteiger partial charge in [0, 0.05) is 25.4 Å². The predicted octanol–water partition coefficient (Wildman–Crippen LogP) is 2.85. The van der Waals surface area contributed by atoms with Crippen molar-refractivity contribution in [3.8, 4) is 0 Å². The van der Waals surface area contributed by atoms with Crippen LogP contribution in [0.25, 0.3) is 0 Å². The summed E-state index contributed by atoms with van der Waals surface area (Å²) in [7, 11) is 0. The first-order chi connectivity index (χ1) is 10.2. The molecule has 0 saturated carbocycles. The molecule has 0 spiro atoms. The lowest BCUT2D eigenvalue weighted by atomic mass is 10.0. The van der Waals surface area contributed by atoms with Crippen LogP contribution in [0.2, 0.25) is 0 Å². The lowest BCUT2D eigenvalue weighted by Gasteiger charge is -2.25. The molecule has 0 fully saturated rings. The Kier molecular flexibility index (Phi) is 5.55. The highest BCUT2D eigenvalue weighted by Gasteiger charge is 2.24. The van der Waals surface area contributed by atoms with E-state index >= 15 is 0 Å². The third kappa shape index (κ3) is 4.74. The number of carboxylic acid groups (broad SMARTS) is 1. The maximum absolute atomic E-state index is 12.6. The fraction of sp³-hybridized carbons (Fsp3) is 0.412. The van der Waals surface area contributed by atoms with Gasteiger partial charge in [-0.25, -0.2) is 0 Å². The van der Waals surface area contributed by atoms with Crippen LogP contribution < -0.4 is 0 Å². The summed E-state index contributed by atoms with van der Waals surface area (Å²) < 4.78 is 0. The van der Waals surface area contributed by atoms with Gasteiger partial charge < -0.3 is 10.0 Å². The second kappa shape index (κ2) is 7.62. The summed E-state index contributed by atoms with van der Waals surface area (Å²) in [6, 6.07) is 9.83. The SMILES string of the molecule is O=C(O)CCCN(Cc1ccccc1)C(=O)C1CC=CC1. The minimum atomic E-state index is -0.815. The highest BCUT2D eigenvalue weighted by molar-refractivity contribution is 5.79. The number of hydrogen-bond donors (Lipinski definition) is 1. The van der Waals surface area contributed by atoms with E-state index in [4.69, 9.17) is 5.11 Å². The number of benzene rings is 1. The van der Waals surface area contributed by atoms with Gasteiger partial charge in [0.05, 0.1) is 0 Å². The van der Waals surface area contributed by atoms with E-state index in [-0.39, 0.29) is 18.2 Å². The van der Waals surface area contributed by atoms with Gasteiger partial charge in [-0.1, -0.05) is 42.5 Å². The molecule has 2 rings (SSSR count). The molecule has 0 atom stereocenters. The number of hydrogen-bond acceptors (Lipinski definition) is 2. The molecular formula is C17H21NO3. The Labute approximate surface area is 125 Å². The van der Waals surface area contributed by atoms with Gasteiger partial charge >= 0.3 is 5.97 Å². The van der Waals surface area contributed by atoms with Crippen LogP contribution in [0.5, 0.6) is 0 Å². The number of carboxylic acids is 1. The number of aliphatic carboxylic acids is 1. The lowest BCUT2D eigenvalue weighted by molar-refractivity contribution is -0.139. The van der Waals surface area contributed by atoms with Crippen molar-refractivity contribution in [1.29, 1.82) is 0 Å². The van der Waals surface area contributed by atoms with Crippen molar-refractivity contribution in [3.05, 3.63) is 48.0 Å². The van der Waals surface area contributed by atoms with Crippen molar-refractivity contribution in [2.24, 2.45) is 5.92 Å². The molecular weight excluding hydrogens is 266 g/mol. The van der Waals surface area contributed by atoms with Gasteiger partial charge in [0.2, 0.25) is 5.91 Å². The van der Waals surface area contributed by atoms with Crippen molar-refractivity contribution in [3.63, 3.8) is 0 Å². The van der Waals surface area contributed by atoms with Crippen LogP contribution in [0.15, 0.2) is 42.5 Å². The molecule has 4 nitrogen and oxygen atoms in total. The first kappa shape index (κ1) is 15.3.